The van der Waals surface area contributed by atoms with Gasteiger partial charge >= 0.3 is 0 Å². The molecular weight excluding hydrogens is 341 g/mol. The fourth-order valence-corrected chi connectivity index (χ4v) is 1.93. The minimum atomic E-state index is 0.430. The molecule has 0 atom stereocenters. The van der Waals surface area contributed by atoms with E-state index in [1.54, 1.807) is 12.4 Å². The van der Waals surface area contributed by atoms with E-state index in [9.17, 15) is 0 Å². The molecule has 1 N–H and O–H groups in total. The van der Waals surface area contributed by atoms with Crippen molar-refractivity contribution in [3.63, 3.8) is 0 Å². The van der Waals surface area contributed by atoms with Gasteiger partial charge in [-0.25, -0.2) is 4.98 Å². The lowest BCUT2D eigenvalue weighted by atomic mass is 10.3. The van der Waals surface area contributed by atoms with Crippen LogP contribution in [0.3, 0.4) is 0 Å². The van der Waals surface area contributed by atoms with E-state index >= 15 is 0 Å². The molecule has 0 bridgehead atoms. The van der Waals surface area contributed by atoms with Crippen molar-refractivity contribution < 1.29 is 4.74 Å². The number of nitrogens with one attached hydrogen (secondary N) is 1. The molecule has 0 unspecified atom stereocenters. The molecule has 2 rings (SSSR count). The summed E-state index contributed by atoms with van der Waals surface area (Å²) in [6.07, 6.45) is 3.45. The van der Waals surface area contributed by atoms with Gasteiger partial charge in [-0.1, -0.05) is 6.07 Å². The molecule has 5 heteroatoms. The fourth-order valence-electron chi connectivity index (χ4n) is 1.42. The van der Waals surface area contributed by atoms with E-state index in [0.29, 0.717) is 6.61 Å². The van der Waals surface area contributed by atoms with Gasteiger partial charge in [-0.3, -0.25) is 4.98 Å². The van der Waals surface area contributed by atoms with Gasteiger partial charge in [-0.15, -0.1) is 0 Å². The highest BCUT2D eigenvalue weighted by atomic mass is 127. The van der Waals surface area contributed by atoms with Crippen molar-refractivity contribution in [3.05, 3.63) is 45.9 Å². The fraction of sp³-hybridized carbons (Fsp3) is 0.231. The molecule has 0 aliphatic heterocycles. The van der Waals surface area contributed by atoms with Crippen LogP contribution >= 0.6 is 22.6 Å². The van der Waals surface area contributed by atoms with Crippen LogP contribution in [0.15, 0.2) is 36.7 Å². The molecule has 0 saturated carbocycles. The number of benzene rings is 1. The third-order valence-electron chi connectivity index (χ3n) is 2.25. The quantitative estimate of drug-likeness (QED) is 0.838. The zero-order chi connectivity index (χ0) is 12.8. The van der Waals surface area contributed by atoms with Crippen LogP contribution in [0.5, 0.6) is 5.75 Å². The highest BCUT2D eigenvalue weighted by molar-refractivity contribution is 14.1. The summed E-state index contributed by atoms with van der Waals surface area (Å²) in [5.41, 5.74) is 0.815. The second-order valence-electron chi connectivity index (χ2n) is 3.67. The number of nitrogens with zero attached hydrogens (tertiary/aromatic N) is 2. The highest BCUT2D eigenvalue weighted by Crippen LogP contribution is 2.15. The maximum atomic E-state index is 5.65. The molecule has 1 aromatic heterocycles. The monoisotopic (exact) mass is 355 g/mol. The Morgan fingerprint density at radius 2 is 2.17 bits per heavy atom. The van der Waals surface area contributed by atoms with Crippen LogP contribution in [0, 0.1) is 3.57 Å². The van der Waals surface area contributed by atoms with Crippen LogP contribution in [0.1, 0.15) is 12.6 Å². The van der Waals surface area contributed by atoms with Crippen LogP contribution in [0.2, 0.25) is 0 Å². The van der Waals surface area contributed by atoms with Crippen molar-refractivity contribution in [1.29, 1.82) is 0 Å². The smallest absolute Gasteiger partial charge is 0.144 e. The summed E-state index contributed by atoms with van der Waals surface area (Å²) in [6.45, 7) is 3.29. The van der Waals surface area contributed by atoms with Crippen LogP contribution in [0.25, 0.3) is 0 Å². The number of ether oxygens (including phenoxy) is 1. The van der Waals surface area contributed by atoms with E-state index in [-0.39, 0.29) is 0 Å². The summed E-state index contributed by atoms with van der Waals surface area (Å²) in [4.78, 5) is 8.53. The molecule has 1 heterocycles. The summed E-state index contributed by atoms with van der Waals surface area (Å²) in [6, 6.07) is 7.92. The number of aromatic nitrogens is 2. The Morgan fingerprint density at radius 3 is 2.83 bits per heavy atom. The number of hydrogen-bond donors (Lipinski definition) is 1. The lowest BCUT2D eigenvalue weighted by molar-refractivity contribution is 0.300. The molecule has 0 saturated heterocycles. The van der Waals surface area contributed by atoms with Gasteiger partial charge in [0.15, 0.2) is 0 Å². The maximum absolute atomic E-state index is 5.65. The summed E-state index contributed by atoms with van der Waals surface area (Å²) >= 11 is 2.26. The van der Waals surface area contributed by atoms with Gasteiger partial charge in [-0.2, -0.15) is 0 Å². The van der Waals surface area contributed by atoms with Crippen molar-refractivity contribution in [1.82, 2.24) is 9.97 Å². The van der Waals surface area contributed by atoms with E-state index in [4.69, 9.17) is 4.74 Å². The minimum Gasteiger partial charge on any atom is -0.487 e. The van der Waals surface area contributed by atoms with E-state index in [1.165, 1.54) is 0 Å². The first kappa shape index (κ1) is 13.1. The molecule has 0 radical (unpaired) electrons. The van der Waals surface area contributed by atoms with E-state index in [1.807, 2.05) is 31.2 Å². The Bertz CT molecular complexity index is 502. The first-order chi connectivity index (χ1) is 8.78. The molecule has 0 spiro atoms. The molecule has 0 aliphatic rings. The Hall–Kier alpha value is -1.37. The third-order valence-corrected chi connectivity index (χ3v) is 2.92. The Labute approximate surface area is 120 Å². The lowest BCUT2D eigenvalue weighted by Crippen LogP contribution is -2.03. The van der Waals surface area contributed by atoms with Crippen LogP contribution in [-0.2, 0) is 6.61 Å². The van der Waals surface area contributed by atoms with Crippen molar-refractivity contribution >= 4 is 28.4 Å². The average Bonchev–Trinajstić information content (AvgIpc) is 2.38. The summed E-state index contributed by atoms with van der Waals surface area (Å²) in [5, 5.41) is 3.10. The average molecular weight is 355 g/mol. The van der Waals surface area contributed by atoms with Gasteiger partial charge in [0, 0.05) is 10.1 Å². The van der Waals surface area contributed by atoms with Crippen molar-refractivity contribution in [2.45, 2.75) is 13.5 Å². The first-order valence-electron chi connectivity index (χ1n) is 5.71. The van der Waals surface area contributed by atoms with Gasteiger partial charge in [0.05, 0.1) is 18.1 Å². The SMILES string of the molecule is CCNc1cnc(COc2cccc(I)c2)cn1. The van der Waals surface area contributed by atoms with E-state index in [0.717, 1.165) is 27.4 Å². The zero-order valence-corrected chi connectivity index (χ0v) is 12.2. The van der Waals surface area contributed by atoms with Crippen LogP contribution in [0.4, 0.5) is 5.82 Å². The molecule has 0 fully saturated rings. The van der Waals surface area contributed by atoms with Crippen molar-refractivity contribution in [2.24, 2.45) is 0 Å². The number of rotatable bonds is 5. The maximum Gasteiger partial charge on any atom is 0.144 e. The largest absolute Gasteiger partial charge is 0.487 e. The van der Waals surface area contributed by atoms with Gasteiger partial charge in [0.25, 0.3) is 0 Å². The number of anilines is 1. The molecule has 0 amide bonds. The first-order valence-corrected chi connectivity index (χ1v) is 6.79. The second kappa shape index (κ2) is 6.53. The van der Waals surface area contributed by atoms with Gasteiger partial charge in [0.1, 0.15) is 18.2 Å². The zero-order valence-electron chi connectivity index (χ0n) is 10.1. The highest BCUT2D eigenvalue weighted by Gasteiger charge is 1.99. The number of halogens is 1. The molecule has 4 nitrogen and oxygen atoms in total. The Morgan fingerprint density at radius 1 is 1.28 bits per heavy atom. The number of hydrogen-bond acceptors (Lipinski definition) is 4. The van der Waals surface area contributed by atoms with E-state index < -0.39 is 0 Å². The standard InChI is InChI=1S/C13H14IN3O/c1-2-15-13-8-16-11(7-17-13)9-18-12-5-3-4-10(14)6-12/h3-8H,2,9H2,1H3,(H,15,17). The molecule has 0 aliphatic carbocycles. The van der Waals surface area contributed by atoms with Crippen molar-refractivity contribution in [2.75, 3.05) is 11.9 Å². The van der Waals surface area contributed by atoms with Crippen LogP contribution < -0.4 is 10.1 Å². The summed E-state index contributed by atoms with van der Waals surface area (Å²) in [5.74, 6) is 1.63. The molecule has 2 aromatic rings. The third kappa shape index (κ3) is 3.83. The van der Waals surface area contributed by atoms with Crippen molar-refractivity contribution in [3.8, 4) is 5.75 Å². The molecule has 94 valence electrons. The Kier molecular flexibility index (Phi) is 4.74. The van der Waals surface area contributed by atoms with Gasteiger partial charge in [0.2, 0.25) is 0 Å². The molecule has 18 heavy (non-hydrogen) atoms. The molecule has 1 aromatic carbocycles. The van der Waals surface area contributed by atoms with Gasteiger partial charge < -0.3 is 10.1 Å². The molecular formula is C13H14IN3O. The minimum absolute atomic E-state index is 0.430. The summed E-state index contributed by atoms with van der Waals surface area (Å²) < 4.78 is 6.80. The van der Waals surface area contributed by atoms with E-state index in [2.05, 4.69) is 37.9 Å². The van der Waals surface area contributed by atoms with Crippen LogP contribution in [-0.4, -0.2) is 16.5 Å². The van der Waals surface area contributed by atoms with Gasteiger partial charge in [-0.05, 0) is 47.7 Å². The lowest BCUT2D eigenvalue weighted by Gasteiger charge is -2.06. The topological polar surface area (TPSA) is 47.0 Å². The predicted octanol–water partition coefficient (Wildman–Crippen LogP) is 3.09. The summed E-state index contributed by atoms with van der Waals surface area (Å²) in [7, 11) is 0. The normalized spacial score (nSPS) is 10.1. The Balaban J connectivity index is 1.93. The second-order valence-corrected chi connectivity index (χ2v) is 4.91. The predicted molar refractivity (Wildman–Crippen MR) is 79.7 cm³/mol.